The lowest BCUT2D eigenvalue weighted by Crippen LogP contribution is -2.49. The maximum Gasteiger partial charge on any atom is 0.119 e. The fraction of sp³-hybridized carbons (Fsp3) is 0.276. The minimum absolute atomic E-state index is 0.211. The molecule has 0 radical (unpaired) electrons. The molecule has 5 heteroatoms. The van der Waals surface area contributed by atoms with Crippen LogP contribution in [0.4, 0.5) is 4.39 Å². The van der Waals surface area contributed by atoms with E-state index in [-0.39, 0.29) is 12.6 Å². The number of hydrogen-bond donors (Lipinski definition) is 1. The number of H-pyrrole nitrogens is 1. The Hall–Kier alpha value is -3.44. The number of likely N-dealkylation sites (tertiary alicyclic amines) is 1. The molecule has 1 aromatic heterocycles. The molecule has 0 bridgehead atoms. The number of rotatable bonds is 9. The molecule has 34 heavy (non-hydrogen) atoms. The highest BCUT2D eigenvalue weighted by Gasteiger charge is 2.25. The van der Waals surface area contributed by atoms with Crippen molar-refractivity contribution in [2.24, 2.45) is 5.92 Å². The minimum atomic E-state index is -0.217. The van der Waals surface area contributed by atoms with Crippen molar-refractivity contribution in [3.8, 4) is 5.75 Å². The minimum Gasteiger partial charge on any atom is -0.492 e. The lowest BCUT2D eigenvalue weighted by molar-refractivity contribution is 0.0668. The Balaban J connectivity index is 1.43. The number of halogens is 1. The molecule has 174 valence electrons. The van der Waals surface area contributed by atoms with Gasteiger partial charge in [0, 0.05) is 30.9 Å². The number of ether oxygens (including phenoxy) is 1. The summed E-state index contributed by atoms with van der Waals surface area (Å²) in [6, 6.07) is 25.4. The molecule has 0 aliphatic carbocycles. The molecule has 4 nitrogen and oxygen atoms in total. The van der Waals surface area contributed by atoms with Gasteiger partial charge in [0.05, 0.1) is 18.4 Å². The maximum absolute atomic E-state index is 12.6. The van der Waals surface area contributed by atoms with Gasteiger partial charge in [0.2, 0.25) is 0 Å². The lowest BCUT2D eigenvalue weighted by Gasteiger charge is -2.37. The second-order valence-corrected chi connectivity index (χ2v) is 8.90. The van der Waals surface area contributed by atoms with Crippen molar-refractivity contribution in [2.45, 2.75) is 13.3 Å². The summed E-state index contributed by atoms with van der Waals surface area (Å²) < 4.78 is 18.6. The number of aromatic nitrogens is 2. The molecule has 1 fully saturated rings. The van der Waals surface area contributed by atoms with Crippen LogP contribution < -0.4 is 4.74 Å². The highest BCUT2D eigenvalue weighted by molar-refractivity contribution is 6.00. The molecular weight excluding hydrogens is 425 g/mol. The fourth-order valence-electron chi connectivity index (χ4n) is 4.75. The van der Waals surface area contributed by atoms with E-state index in [1.807, 2.05) is 18.3 Å². The van der Waals surface area contributed by atoms with Crippen LogP contribution in [-0.4, -0.2) is 48.0 Å². The monoisotopic (exact) mass is 455 g/mol. The average Bonchev–Trinajstić information content (AvgIpc) is 3.33. The van der Waals surface area contributed by atoms with E-state index in [4.69, 9.17) is 4.74 Å². The second kappa shape index (κ2) is 10.2. The zero-order valence-corrected chi connectivity index (χ0v) is 19.5. The van der Waals surface area contributed by atoms with Crippen LogP contribution in [0.15, 0.2) is 79.0 Å². The molecule has 4 aromatic rings. The molecule has 0 unspecified atom stereocenters. The molecule has 0 spiro atoms. The Morgan fingerprint density at radius 3 is 2.50 bits per heavy atom. The first-order valence-electron chi connectivity index (χ1n) is 12.0. The van der Waals surface area contributed by atoms with Crippen LogP contribution in [0.1, 0.15) is 30.0 Å². The topological polar surface area (TPSA) is 41.1 Å². The van der Waals surface area contributed by atoms with Crippen molar-refractivity contribution in [3.63, 3.8) is 0 Å². The summed E-state index contributed by atoms with van der Waals surface area (Å²) in [6.07, 6.45) is 2.78. The van der Waals surface area contributed by atoms with Gasteiger partial charge in [0.1, 0.15) is 12.4 Å². The van der Waals surface area contributed by atoms with Crippen molar-refractivity contribution in [2.75, 3.05) is 32.9 Å². The van der Waals surface area contributed by atoms with Crippen LogP contribution in [-0.2, 0) is 0 Å². The third kappa shape index (κ3) is 4.75. The van der Waals surface area contributed by atoms with E-state index in [0.29, 0.717) is 6.61 Å². The summed E-state index contributed by atoms with van der Waals surface area (Å²) in [4.78, 5) is 2.23. The van der Waals surface area contributed by atoms with Gasteiger partial charge in [-0.05, 0) is 58.5 Å². The summed E-state index contributed by atoms with van der Waals surface area (Å²) in [6.45, 7) is 5.12. The highest BCUT2D eigenvalue weighted by atomic mass is 19.1. The SMILES string of the molecule is CCC(=C(c1ccc(OCCN2CC(CF)C2)cc1)c1ccc2[nH]ncc2c1)c1ccccc1. The Kier molecular flexibility index (Phi) is 6.72. The van der Waals surface area contributed by atoms with E-state index in [0.717, 1.165) is 48.3 Å². The molecule has 2 heterocycles. The Bertz CT molecular complexity index is 1260. The highest BCUT2D eigenvalue weighted by Crippen LogP contribution is 2.36. The summed E-state index contributed by atoms with van der Waals surface area (Å²) in [7, 11) is 0. The molecule has 1 aliphatic rings. The summed E-state index contributed by atoms with van der Waals surface area (Å²) in [5.74, 6) is 1.07. The van der Waals surface area contributed by atoms with E-state index < -0.39 is 0 Å². The molecule has 0 atom stereocenters. The third-order valence-corrected chi connectivity index (χ3v) is 6.58. The number of benzene rings is 3. The number of fused-ring (bicyclic) bond motifs is 1. The Morgan fingerprint density at radius 2 is 1.76 bits per heavy atom. The predicted molar refractivity (Wildman–Crippen MR) is 137 cm³/mol. The van der Waals surface area contributed by atoms with E-state index in [1.165, 1.54) is 22.3 Å². The third-order valence-electron chi connectivity index (χ3n) is 6.58. The molecule has 0 amide bonds. The van der Waals surface area contributed by atoms with Gasteiger partial charge >= 0.3 is 0 Å². The van der Waals surface area contributed by atoms with E-state index in [1.54, 1.807) is 0 Å². The molecule has 5 rings (SSSR count). The van der Waals surface area contributed by atoms with Crippen molar-refractivity contribution >= 4 is 22.0 Å². The van der Waals surface area contributed by atoms with Crippen LogP contribution in [0.5, 0.6) is 5.75 Å². The van der Waals surface area contributed by atoms with Crippen LogP contribution in [0.25, 0.3) is 22.0 Å². The van der Waals surface area contributed by atoms with Gasteiger partial charge < -0.3 is 4.74 Å². The molecule has 3 aromatic carbocycles. The van der Waals surface area contributed by atoms with Crippen molar-refractivity contribution < 1.29 is 9.13 Å². The first-order chi connectivity index (χ1) is 16.7. The maximum atomic E-state index is 12.6. The van der Waals surface area contributed by atoms with E-state index in [9.17, 15) is 4.39 Å². The first kappa shape index (κ1) is 22.4. The van der Waals surface area contributed by atoms with Gasteiger partial charge in [-0.2, -0.15) is 5.10 Å². The van der Waals surface area contributed by atoms with Crippen molar-refractivity contribution in [3.05, 3.63) is 95.7 Å². The Morgan fingerprint density at radius 1 is 1.00 bits per heavy atom. The number of aromatic amines is 1. The van der Waals surface area contributed by atoms with Gasteiger partial charge in [-0.1, -0.05) is 55.5 Å². The number of nitrogens with zero attached hydrogens (tertiary/aromatic N) is 2. The van der Waals surface area contributed by atoms with Crippen LogP contribution >= 0.6 is 0 Å². The Labute approximate surface area is 200 Å². The van der Waals surface area contributed by atoms with Crippen molar-refractivity contribution in [1.29, 1.82) is 0 Å². The number of nitrogens with one attached hydrogen (secondary N) is 1. The predicted octanol–water partition coefficient (Wildman–Crippen LogP) is 6.21. The van der Waals surface area contributed by atoms with Gasteiger partial charge in [-0.25, -0.2) is 0 Å². The smallest absolute Gasteiger partial charge is 0.119 e. The largest absolute Gasteiger partial charge is 0.492 e. The molecule has 0 saturated carbocycles. The summed E-state index contributed by atoms with van der Waals surface area (Å²) in [5, 5.41) is 8.33. The van der Waals surface area contributed by atoms with Crippen molar-refractivity contribution in [1.82, 2.24) is 15.1 Å². The number of alkyl halides is 1. The fourth-order valence-corrected chi connectivity index (χ4v) is 4.75. The van der Waals surface area contributed by atoms with Crippen LogP contribution in [0.3, 0.4) is 0 Å². The molecular formula is C29H30FN3O. The normalized spacial score (nSPS) is 15.2. The molecule has 1 N–H and O–H groups in total. The van der Waals surface area contributed by atoms with E-state index in [2.05, 4.69) is 82.7 Å². The summed E-state index contributed by atoms with van der Waals surface area (Å²) >= 11 is 0. The standard InChI is InChI=1S/C29H30FN3O/c1-2-27(22-6-4-3-5-7-22)29(24-10-13-28-25(16-24)18-31-32-28)23-8-11-26(12-9-23)34-15-14-33-19-21(17-30)20-33/h3-13,16,18,21H,2,14-15,17,19-20H2,1H3,(H,31,32). The lowest BCUT2D eigenvalue weighted by atomic mass is 9.88. The number of allylic oxidation sites excluding steroid dienone is 1. The zero-order chi connectivity index (χ0) is 23.3. The quantitative estimate of drug-likeness (QED) is 0.305. The van der Waals surface area contributed by atoms with Gasteiger partial charge in [-0.15, -0.1) is 0 Å². The zero-order valence-electron chi connectivity index (χ0n) is 19.5. The molecule has 1 aliphatic heterocycles. The van der Waals surface area contributed by atoms with Crippen LogP contribution in [0.2, 0.25) is 0 Å². The van der Waals surface area contributed by atoms with Gasteiger partial charge in [-0.3, -0.25) is 14.4 Å². The average molecular weight is 456 g/mol. The first-order valence-corrected chi connectivity index (χ1v) is 12.0. The summed E-state index contributed by atoms with van der Waals surface area (Å²) in [5.41, 5.74) is 7.12. The number of hydrogen-bond acceptors (Lipinski definition) is 3. The second-order valence-electron chi connectivity index (χ2n) is 8.90. The molecule has 1 saturated heterocycles. The van der Waals surface area contributed by atoms with Gasteiger partial charge in [0.15, 0.2) is 0 Å². The van der Waals surface area contributed by atoms with Gasteiger partial charge in [0.25, 0.3) is 0 Å². The van der Waals surface area contributed by atoms with Crippen LogP contribution in [0, 0.1) is 5.92 Å². The van der Waals surface area contributed by atoms with E-state index >= 15 is 0 Å².